The van der Waals surface area contributed by atoms with Gasteiger partial charge in [-0.05, 0) is 43.7 Å². The molecule has 0 spiro atoms. The van der Waals surface area contributed by atoms with Crippen LogP contribution in [0.1, 0.15) is 48.3 Å². The van der Waals surface area contributed by atoms with Crippen LogP contribution in [0.4, 0.5) is 5.82 Å². The van der Waals surface area contributed by atoms with Crippen LogP contribution in [0, 0.1) is 5.92 Å². The Balaban J connectivity index is 1.15. The lowest BCUT2D eigenvalue weighted by molar-refractivity contribution is -0.116. The van der Waals surface area contributed by atoms with Gasteiger partial charge in [-0.2, -0.15) is 0 Å². The van der Waals surface area contributed by atoms with Crippen molar-refractivity contribution in [1.82, 2.24) is 40.3 Å². The molecule has 11 nitrogen and oxygen atoms in total. The molecule has 31 heavy (non-hydrogen) atoms. The van der Waals surface area contributed by atoms with Crippen molar-refractivity contribution >= 4 is 17.6 Å². The summed E-state index contributed by atoms with van der Waals surface area (Å²) in [6, 6.07) is 5.54. The third-order valence-electron chi connectivity index (χ3n) is 4.93. The zero-order valence-electron chi connectivity index (χ0n) is 17.1. The van der Waals surface area contributed by atoms with Gasteiger partial charge >= 0.3 is 0 Å². The molecule has 3 aromatic heterocycles. The van der Waals surface area contributed by atoms with Gasteiger partial charge in [-0.25, -0.2) is 0 Å². The van der Waals surface area contributed by atoms with Crippen molar-refractivity contribution in [2.45, 2.75) is 51.7 Å². The number of nitrogens with zero attached hydrogens (tertiary/aromatic N) is 7. The van der Waals surface area contributed by atoms with Crippen LogP contribution in [-0.4, -0.2) is 46.8 Å². The Kier molecular flexibility index (Phi) is 6.60. The number of aryl methyl sites for hydroxylation is 2. The molecular formula is C20H25N9O2. The molecule has 2 N–H and O–H groups in total. The second-order valence-electron chi connectivity index (χ2n) is 7.64. The summed E-state index contributed by atoms with van der Waals surface area (Å²) in [4.78, 5) is 28.2. The monoisotopic (exact) mass is 423 g/mol. The Hall–Kier alpha value is -3.63. The molecule has 3 heterocycles. The van der Waals surface area contributed by atoms with Gasteiger partial charge in [0.2, 0.25) is 5.91 Å². The number of anilines is 1. The highest BCUT2D eigenvalue weighted by molar-refractivity contribution is 5.91. The highest BCUT2D eigenvalue weighted by Gasteiger charge is 2.24. The second-order valence-corrected chi connectivity index (χ2v) is 7.64. The minimum Gasteiger partial charge on any atom is -0.345 e. The van der Waals surface area contributed by atoms with Crippen LogP contribution in [0.2, 0.25) is 0 Å². The van der Waals surface area contributed by atoms with Crippen molar-refractivity contribution < 1.29 is 9.59 Å². The summed E-state index contributed by atoms with van der Waals surface area (Å²) < 4.78 is 3.37. The highest BCUT2D eigenvalue weighted by atomic mass is 16.2. The van der Waals surface area contributed by atoms with E-state index in [9.17, 15) is 9.59 Å². The van der Waals surface area contributed by atoms with Crippen molar-refractivity contribution in [3.05, 3.63) is 48.2 Å². The molecule has 1 aliphatic rings. The summed E-state index contributed by atoms with van der Waals surface area (Å²) in [5, 5.41) is 21.5. The molecule has 162 valence electrons. The van der Waals surface area contributed by atoms with Gasteiger partial charge in [0.05, 0.1) is 24.6 Å². The molecule has 3 aromatic rings. The minimum absolute atomic E-state index is 0.000560. The van der Waals surface area contributed by atoms with E-state index in [-0.39, 0.29) is 17.5 Å². The van der Waals surface area contributed by atoms with E-state index in [2.05, 4.69) is 36.2 Å². The Morgan fingerprint density at radius 2 is 1.81 bits per heavy atom. The van der Waals surface area contributed by atoms with Gasteiger partial charge in [0, 0.05) is 25.7 Å². The van der Waals surface area contributed by atoms with Gasteiger partial charge in [0.1, 0.15) is 0 Å². The predicted octanol–water partition coefficient (Wildman–Crippen LogP) is 1.41. The zero-order chi connectivity index (χ0) is 21.5. The fourth-order valence-corrected chi connectivity index (χ4v) is 3.07. The summed E-state index contributed by atoms with van der Waals surface area (Å²) >= 11 is 0. The number of pyridine rings is 1. The van der Waals surface area contributed by atoms with Gasteiger partial charge < -0.3 is 10.6 Å². The number of carbonyl (C=O) groups excluding carboxylic acids is 2. The third kappa shape index (κ3) is 6.43. The number of hydrogen-bond acceptors (Lipinski definition) is 7. The quantitative estimate of drug-likeness (QED) is 0.446. The molecule has 1 fully saturated rings. The maximum atomic E-state index is 12.2. The first kappa shape index (κ1) is 20.6. The van der Waals surface area contributed by atoms with Crippen LogP contribution >= 0.6 is 0 Å². The van der Waals surface area contributed by atoms with Crippen molar-refractivity contribution in [2.75, 3.05) is 5.32 Å². The van der Waals surface area contributed by atoms with Crippen LogP contribution in [-0.2, 0) is 24.4 Å². The van der Waals surface area contributed by atoms with Crippen molar-refractivity contribution in [2.24, 2.45) is 5.92 Å². The molecule has 0 atom stereocenters. The average Bonchev–Trinajstić information content (AvgIpc) is 3.27. The standard InChI is InChI=1S/C20H25N9O2/c30-19(11-15-6-7-15)23-18-14-29(27-25-18)10-4-3-9-28-13-17(24-26-28)20(31)22-12-16-5-1-2-8-21-16/h1-2,5,8,13-15H,3-4,6-7,9-12H2,(H,22,31)(H,23,30). The number of carbonyl (C=O) groups is 2. The topological polar surface area (TPSA) is 133 Å². The molecule has 0 bridgehead atoms. The van der Waals surface area contributed by atoms with Crippen molar-refractivity contribution in [1.29, 1.82) is 0 Å². The number of hydrogen-bond donors (Lipinski definition) is 2. The smallest absolute Gasteiger partial charge is 0.273 e. The zero-order valence-corrected chi connectivity index (χ0v) is 17.1. The van der Waals surface area contributed by atoms with E-state index < -0.39 is 0 Å². The van der Waals surface area contributed by atoms with E-state index >= 15 is 0 Å². The molecule has 11 heteroatoms. The summed E-state index contributed by atoms with van der Waals surface area (Å²) in [6.07, 6.45) is 9.59. The lowest BCUT2D eigenvalue weighted by Crippen LogP contribution is -2.23. The molecule has 1 saturated carbocycles. The normalized spacial score (nSPS) is 13.2. The molecular weight excluding hydrogens is 398 g/mol. The third-order valence-corrected chi connectivity index (χ3v) is 4.93. The summed E-state index contributed by atoms with van der Waals surface area (Å²) in [5.41, 5.74) is 1.06. The van der Waals surface area contributed by atoms with Crippen LogP contribution in [0.5, 0.6) is 0 Å². The van der Waals surface area contributed by atoms with E-state index in [0.717, 1.165) is 31.4 Å². The van der Waals surface area contributed by atoms with E-state index in [4.69, 9.17) is 0 Å². The number of amides is 2. The fraction of sp³-hybridized carbons (Fsp3) is 0.450. The van der Waals surface area contributed by atoms with Crippen molar-refractivity contribution in [3.8, 4) is 0 Å². The Labute approximate surface area is 179 Å². The van der Waals surface area contributed by atoms with E-state index in [1.54, 1.807) is 28.0 Å². The van der Waals surface area contributed by atoms with E-state index in [0.29, 0.717) is 37.8 Å². The Morgan fingerprint density at radius 1 is 1.03 bits per heavy atom. The number of unbranched alkanes of at least 4 members (excludes halogenated alkanes) is 1. The number of nitrogens with one attached hydrogen (secondary N) is 2. The van der Waals surface area contributed by atoms with E-state index in [1.165, 1.54) is 0 Å². The molecule has 2 amide bonds. The first-order valence-corrected chi connectivity index (χ1v) is 10.4. The predicted molar refractivity (Wildman–Crippen MR) is 111 cm³/mol. The summed E-state index contributed by atoms with van der Waals surface area (Å²) in [5.74, 6) is 0.749. The second kappa shape index (κ2) is 9.92. The van der Waals surface area contributed by atoms with E-state index in [1.807, 2.05) is 18.2 Å². The SMILES string of the molecule is O=C(CC1CC1)Nc1cn(CCCCn2cc(C(=O)NCc3ccccn3)nn2)nn1. The highest BCUT2D eigenvalue weighted by Crippen LogP contribution is 2.32. The molecule has 4 rings (SSSR count). The maximum Gasteiger partial charge on any atom is 0.273 e. The maximum absolute atomic E-state index is 12.2. The van der Waals surface area contributed by atoms with Gasteiger partial charge in [-0.15, -0.1) is 10.2 Å². The van der Waals surface area contributed by atoms with Gasteiger partial charge in [0.25, 0.3) is 5.91 Å². The molecule has 0 aliphatic heterocycles. The van der Waals surface area contributed by atoms with Crippen LogP contribution in [0.15, 0.2) is 36.8 Å². The summed E-state index contributed by atoms with van der Waals surface area (Å²) in [6.45, 7) is 1.66. The molecule has 0 radical (unpaired) electrons. The van der Waals surface area contributed by atoms with Crippen LogP contribution in [0.25, 0.3) is 0 Å². The lowest BCUT2D eigenvalue weighted by Gasteiger charge is -2.02. The van der Waals surface area contributed by atoms with Gasteiger partial charge in [-0.1, -0.05) is 16.5 Å². The molecule has 1 aliphatic carbocycles. The molecule has 0 saturated heterocycles. The average molecular weight is 423 g/mol. The lowest BCUT2D eigenvalue weighted by atomic mass is 10.3. The number of aromatic nitrogens is 7. The van der Waals surface area contributed by atoms with Gasteiger partial charge in [-0.3, -0.25) is 23.9 Å². The van der Waals surface area contributed by atoms with Gasteiger partial charge in [0.15, 0.2) is 11.5 Å². The summed E-state index contributed by atoms with van der Waals surface area (Å²) in [7, 11) is 0. The largest absolute Gasteiger partial charge is 0.345 e. The molecule has 0 aromatic carbocycles. The Morgan fingerprint density at radius 3 is 2.55 bits per heavy atom. The Bertz CT molecular complexity index is 1010. The van der Waals surface area contributed by atoms with Crippen LogP contribution in [0.3, 0.4) is 0 Å². The minimum atomic E-state index is -0.282. The number of rotatable bonds is 11. The fourth-order valence-electron chi connectivity index (χ4n) is 3.07. The first-order valence-electron chi connectivity index (χ1n) is 10.4. The van der Waals surface area contributed by atoms with Crippen molar-refractivity contribution in [3.63, 3.8) is 0 Å². The van der Waals surface area contributed by atoms with Crippen LogP contribution < -0.4 is 10.6 Å². The molecule has 0 unspecified atom stereocenters. The first-order chi connectivity index (χ1) is 15.2.